The van der Waals surface area contributed by atoms with E-state index in [9.17, 15) is 14.0 Å². The van der Waals surface area contributed by atoms with E-state index < -0.39 is 17.5 Å². The molecule has 3 aromatic heterocycles. The number of pyridine rings is 1. The fourth-order valence-electron chi connectivity index (χ4n) is 5.15. The van der Waals surface area contributed by atoms with Gasteiger partial charge in [-0.05, 0) is 42.8 Å². The number of aromatic nitrogens is 4. The Morgan fingerprint density at radius 2 is 1.85 bits per heavy atom. The van der Waals surface area contributed by atoms with E-state index in [0.717, 1.165) is 16.9 Å². The number of halogens is 1. The van der Waals surface area contributed by atoms with Crippen molar-refractivity contribution in [2.45, 2.75) is 13.0 Å². The minimum Gasteiger partial charge on any atom is -0.489 e. The summed E-state index contributed by atoms with van der Waals surface area (Å²) < 4.78 is 21.0. The summed E-state index contributed by atoms with van der Waals surface area (Å²) >= 11 is 0. The first-order valence-corrected chi connectivity index (χ1v) is 12.6. The minimum atomic E-state index is -0.729. The molecule has 0 unspecified atom stereocenters. The fraction of sp³-hybridized carbons (Fsp3) is 0.250. The van der Waals surface area contributed by atoms with Crippen molar-refractivity contribution < 1.29 is 18.7 Å². The normalized spacial score (nSPS) is 16.2. The van der Waals surface area contributed by atoms with E-state index in [1.807, 2.05) is 36.1 Å². The molecule has 39 heavy (non-hydrogen) atoms. The van der Waals surface area contributed by atoms with Crippen LogP contribution in [0.1, 0.15) is 16.2 Å². The molecule has 0 aliphatic carbocycles. The van der Waals surface area contributed by atoms with Crippen LogP contribution in [0.2, 0.25) is 0 Å². The number of carbonyl (C=O) groups excluding carboxylic acids is 2. The maximum Gasteiger partial charge on any atom is 0.298 e. The Kier molecular flexibility index (Phi) is 6.18. The highest BCUT2D eigenvalue weighted by molar-refractivity contribution is 6.47. The third kappa shape index (κ3) is 4.56. The quantitative estimate of drug-likeness (QED) is 0.312. The van der Waals surface area contributed by atoms with Crippen molar-refractivity contribution >= 4 is 29.0 Å². The molecule has 1 atom stereocenters. The van der Waals surface area contributed by atoms with Crippen molar-refractivity contribution in [1.82, 2.24) is 19.5 Å². The van der Waals surface area contributed by atoms with Gasteiger partial charge in [0.25, 0.3) is 11.7 Å². The molecule has 0 radical (unpaired) electrons. The van der Waals surface area contributed by atoms with E-state index in [1.165, 1.54) is 12.4 Å². The zero-order valence-electron chi connectivity index (χ0n) is 21.5. The number of nitrogens with one attached hydrogen (secondary N) is 1. The number of benzene rings is 1. The summed E-state index contributed by atoms with van der Waals surface area (Å²) in [5.41, 5.74) is 4.06. The van der Waals surface area contributed by atoms with E-state index in [0.29, 0.717) is 54.9 Å². The lowest BCUT2D eigenvalue weighted by molar-refractivity contribution is -0.112. The van der Waals surface area contributed by atoms with Gasteiger partial charge in [-0.3, -0.25) is 14.6 Å². The first-order valence-electron chi connectivity index (χ1n) is 12.6. The number of ether oxygens (including phenoxy) is 1. The molecule has 10 nitrogen and oxygen atoms in total. The van der Waals surface area contributed by atoms with E-state index in [-0.39, 0.29) is 6.04 Å². The number of piperazine rings is 1. The predicted octanol–water partition coefficient (Wildman–Crippen LogP) is 3.23. The zero-order valence-corrected chi connectivity index (χ0v) is 21.5. The summed E-state index contributed by atoms with van der Waals surface area (Å²) in [5, 5.41) is 2.74. The summed E-state index contributed by atoms with van der Waals surface area (Å²) in [6.07, 6.45) is 5.64. The molecule has 1 fully saturated rings. The number of ketones is 1. The molecular formula is C28H26FN7O3. The van der Waals surface area contributed by atoms with Crippen molar-refractivity contribution in [1.29, 1.82) is 0 Å². The highest BCUT2D eigenvalue weighted by Crippen LogP contribution is 2.38. The van der Waals surface area contributed by atoms with Crippen LogP contribution in [0, 0.1) is 12.7 Å². The Bertz CT molecular complexity index is 1560. The van der Waals surface area contributed by atoms with Gasteiger partial charge in [-0.15, -0.1) is 0 Å². The van der Waals surface area contributed by atoms with Crippen molar-refractivity contribution in [3.8, 4) is 16.9 Å². The van der Waals surface area contributed by atoms with Crippen LogP contribution in [0.5, 0.6) is 5.75 Å². The fourth-order valence-corrected chi connectivity index (χ4v) is 5.15. The Morgan fingerprint density at radius 3 is 2.62 bits per heavy atom. The second-order valence-electron chi connectivity index (χ2n) is 9.61. The first kappa shape index (κ1) is 24.5. The number of anilines is 3. The average Bonchev–Trinajstić information content (AvgIpc) is 3.26. The van der Waals surface area contributed by atoms with Gasteiger partial charge in [0.05, 0.1) is 24.1 Å². The average molecular weight is 528 g/mol. The van der Waals surface area contributed by atoms with Gasteiger partial charge < -0.3 is 24.4 Å². The Morgan fingerprint density at radius 1 is 1.08 bits per heavy atom. The Balaban J connectivity index is 1.18. The summed E-state index contributed by atoms with van der Waals surface area (Å²) in [5.74, 6) is -0.701. The van der Waals surface area contributed by atoms with Crippen molar-refractivity contribution in [3.05, 3.63) is 78.4 Å². The van der Waals surface area contributed by atoms with Crippen LogP contribution >= 0.6 is 0 Å². The zero-order chi connectivity index (χ0) is 27.1. The predicted molar refractivity (Wildman–Crippen MR) is 144 cm³/mol. The van der Waals surface area contributed by atoms with Crippen molar-refractivity contribution in [3.63, 3.8) is 0 Å². The molecule has 198 valence electrons. The van der Waals surface area contributed by atoms with Gasteiger partial charge >= 0.3 is 0 Å². The molecule has 2 aliphatic heterocycles. The van der Waals surface area contributed by atoms with E-state index in [2.05, 4.69) is 25.2 Å². The molecule has 1 aromatic carbocycles. The molecule has 0 bridgehead atoms. The lowest BCUT2D eigenvalue weighted by atomic mass is 10.0. The molecule has 11 heteroatoms. The molecule has 1 saturated heterocycles. The van der Waals surface area contributed by atoms with Gasteiger partial charge in [0.1, 0.15) is 18.1 Å². The molecule has 5 heterocycles. The first-order chi connectivity index (χ1) is 18.9. The largest absolute Gasteiger partial charge is 0.489 e. The molecule has 4 aromatic rings. The third-order valence-electron chi connectivity index (χ3n) is 7.22. The van der Waals surface area contributed by atoms with Crippen LogP contribution in [-0.2, 0) is 11.8 Å². The summed E-state index contributed by atoms with van der Waals surface area (Å²) in [6, 6.07) is 11.0. The van der Waals surface area contributed by atoms with Crippen molar-refractivity contribution in [2.75, 3.05) is 41.4 Å². The third-order valence-corrected chi connectivity index (χ3v) is 7.22. The molecule has 6 rings (SSSR count). The van der Waals surface area contributed by atoms with Gasteiger partial charge in [-0.25, -0.2) is 14.4 Å². The Hall–Kier alpha value is -4.80. The second kappa shape index (κ2) is 9.82. The van der Waals surface area contributed by atoms with Crippen LogP contribution in [0.3, 0.4) is 0 Å². The van der Waals surface area contributed by atoms with Crippen LogP contribution < -0.4 is 19.9 Å². The number of amides is 1. The van der Waals surface area contributed by atoms with E-state index >= 15 is 0 Å². The number of nitrogens with zero attached hydrogens (tertiary/aromatic N) is 6. The lowest BCUT2D eigenvalue weighted by Crippen LogP contribution is -2.57. The highest BCUT2D eigenvalue weighted by atomic mass is 19.1. The standard InChI is InChI=1S/C28H26FN7O3/c1-17-11-22(18-5-7-30-8-6-18)25(34(17)2)26(37)27(38)33-20-3-4-23-24(12-20)39-16-21-15-35(9-10-36(21)23)28-31-13-19(29)14-32-28/h3-8,11-14,21H,9-10,15-16H2,1-2H3,(H,33,38)/t21-/m1/s1. The number of Topliss-reactive ketones (excluding diaryl/α,β-unsaturated/α-hetero) is 1. The number of hydrogen-bond donors (Lipinski definition) is 1. The van der Waals surface area contributed by atoms with Gasteiger partial charge in [0.2, 0.25) is 5.95 Å². The molecule has 0 saturated carbocycles. The number of fused-ring (bicyclic) bond motifs is 3. The van der Waals surface area contributed by atoms with Crippen LogP contribution in [0.15, 0.2) is 61.2 Å². The van der Waals surface area contributed by atoms with Crippen LogP contribution in [0.4, 0.5) is 21.7 Å². The van der Waals surface area contributed by atoms with Crippen LogP contribution in [0.25, 0.3) is 11.1 Å². The van der Waals surface area contributed by atoms with Gasteiger partial charge in [-0.2, -0.15) is 0 Å². The summed E-state index contributed by atoms with van der Waals surface area (Å²) in [7, 11) is 1.77. The molecule has 0 spiro atoms. The second-order valence-corrected chi connectivity index (χ2v) is 9.61. The monoisotopic (exact) mass is 527 g/mol. The summed E-state index contributed by atoms with van der Waals surface area (Å²) in [6.45, 7) is 4.33. The van der Waals surface area contributed by atoms with E-state index in [1.54, 1.807) is 36.1 Å². The van der Waals surface area contributed by atoms with Gasteiger partial charge in [0.15, 0.2) is 5.82 Å². The molecule has 2 aliphatic rings. The highest BCUT2D eigenvalue weighted by Gasteiger charge is 2.34. The number of hydrogen-bond acceptors (Lipinski definition) is 8. The van der Waals surface area contributed by atoms with Crippen molar-refractivity contribution in [2.24, 2.45) is 7.05 Å². The van der Waals surface area contributed by atoms with Gasteiger partial charge in [0, 0.05) is 62.1 Å². The summed E-state index contributed by atoms with van der Waals surface area (Å²) in [4.78, 5) is 42.9. The SMILES string of the molecule is Cc1cc(-c2ccncc2)c(C(=O)C(=O)Nc2ccc3c(c2)OC[C@H]2CN(c4ncc(F)cn4)CCN32)n1C. The number of rotatable bonds is 5. The number of carbonyl (C=O) groups is 2. The topological polar surface area (TPSA) is 105 Å². The van der Waals surface area contributed by atoms with E-state index in [4.69, 9.17) is 4.74 Å². The van der Waals surface area contributed by atoms with Crippen LogP contribution in [-0.4, -0.2) is 63.5 Å². The molecule has 1 amide bonds. The minimum absolute atomic E-state index is 0.0640. The maximum atomic E-state index is 13.3. The number of aryl methyl sites for hydroxylation is 1. The smallest absolute Gasteiger partial charge is 0.298 e. The lowest BCUT2D eigenvalue weighted by Gasteiger charge is -2.45. The molecule has 1 N–H and O–H groups in total. The Labute approximate surface area is 224 Å². The molecular weight excluding hydrogens is 501 g/mol. The maximum absolute atomic E-state index is 13.3. The van der Waals surface area contributed by atoms with Gasteiger partial charge in [-0.1, -0.05) is 0 Å².